The molecular weight excluding hydrogens is 254 g/mol. The number of piperazine rings is 1. The molecule has 5 heteroatoms. The predicted octanol–water partition coefficient (Wildman–Crippen LogP) is 0.552. The summed E-state index contributed by atoms with van der Waals surface area (Å²) < 4.78 is 0. The van der Waals surface area contributed by atoms with Crippen LogP contribution in [0.3, 0.4) is 0 Å². The van der Waals surface area contributed by atoms with Gasteiger partial charge in [0.25, 0.3) is 0 Å². The molecule has 2 aliphatic heterocycles. The Hall–Kier alpha value is -1.10. The smallest absolute Gasteiger partial charge is 0.222 e. The Bertz CT molecular complexity index is 401. The van der Waals surface area contributed by atoms with Crippen molar-refractivity contribution in [2.24, 2.45) is 5.41 Å². The van der Waals surface area contributed by atoms with Crippen molar-refractivity contribution in [3.8, 4) is 0 Å². The Kier molecular flexibility index (Phi) is 3.48. The molecule has 3 fully saturated rings. The number of carbonyl (C=O) groups is 2. The number of rotatable bonds is 2. The fourth-order valence-corrected chi connectivity index (χ4v) is 4.00. The van der Waals surface area contributed by atoms with Crippen molar-refractivity contribution < 1.29 is 9.59 Å². The third-order valence-electron chi connectivity index (χ3n) is 5.32. The van der Waals surface area contributed by atoms with Gasteiger partial charge in [0.05, 0.1) is 0 Å². The van der Waals surface area contributed by atoms with Gasteiger partial charge in [0.15, 0.2) is 0 Å². The van der Waals surface area contributed by atoms with Crippen molar-refractivity contribution in [1.29, 1.82) is 0 Å². The second-order valence-electron chi connectivity index (χ2n) is 6.71. The van der Waals surface area contributed by atoms with E-state index in [0.717, 1.165) is 39.3 Å². The molecule has 1 aliphatic carbocycles. The van der Waals surface area contributed by atoms with Gasteiger partial charge in [-0.2, -0.15) is 0 Å². The normalized spacial score (nSPS) is 26.3. The average molecular weight is 279 g/mol. The maximum absolute atomic E-state index is 11.7. The molecule has 2 amide bonds. The molecule has 20 heavy (non-hydrogen) atoms. The minimum absolute atomic E-state index is 0.214. The largest absolute Gasteiger partial charge is 0.342 e. The van der Waals surface area contributed by atoms with Gasteiger partial charge in [-0.25, -0.2) is 0 Å². The van der Waals surface area contributed by atoms with E-state index in [-0.39, 0.29) is 11.8 Å². The molecule has 3 aliphatic rings. The van der Waals surface area contributed by atoms with E-state index in [1.165, 1.54) is 12.8 Å². The van der Waals surface area contributed by atoms with Gasteiger partial charge in [0.1, 0.15) is 0 Å². The third kappa shape index (κ3) is 2.32. The highest BCUT2D eigenvalue weighted by atomic mass is 16.2. The summed E-state index contributed by atoms with van der Waals surface area (Å²) in [6, 6.07) is 0.683. The molecule has 112 valence electrons. The van der Waals surface area contributed by atoms with Crippen LogP contribution >= 0.6 is 0 Å². The lowest BCUT2D eigenvalue weighted by atomic mass is 9.60. The predicted molar refractivity (Wildman–Crippen MR) is 76.2 cm³/mol. The molecule has 0 aromatic heterocycles. The number of nitrogens with zero attached hydrogens (tertiary/aromatic N) is 3. The fraction of sp³-hybridized carbons (Fsp3) is 0.867. The van der Waals surface area contributed by atoms with E-state index in [4.69, 9.17) is 0 Å². The summed E-state index contributed by atoms with van der Waals surface area (Å²) >= 11 is 0. The Morgan fingerprint density at radius 2 is 1.65 bits per heavy atom. The highest BCUT2D eigenvalue weighted by molar-refractivity contribution is 5.76. The van der Waals surface area contributed by atoms with Crippen LogP contribution in [-0.4, -0.2) is 71.8 Å². The van der Waals surface area contributed by atoms with Gasteiger partial charge in [-0.15, -0.1) is 0 Å². The summed E-state index contributed by atoms with van der Waals surface area (Å²) in [5, 5.41) is 0. The lowest BCUT2D eigenvalue weighted by molar-refractivity contribution is -0.156. The Morgan fingerprint density at radius 1 is 1.05 bits per heavy atom. The van der Waals surface area contributed by atoms with Crippen molar-refractivity contribution in [1.82, 2.24) is 14.7 Å². The molecule has 0 aromatic rings. The quantitative estimate of drug-likeness (QED) is 0.741. The molecular formula is C15H25N3O2. The second-order valence-corrected chi connectivity index (χ2v) is 6.71. The lowest BCUT2D eigenvalue weighted by Gasteiger charge is -2.61. The minimum atomic E-state index is 0.214. The van der Waals surface area contributed by atoms with Crippen LogP contribution in [0, 0.1) is 5.41 Å². The van der Waals surface area contributed by atoms with E-state index in [2.05, 4.69) is 4.90 Å². The van der Waals surface area contributed by atoms with Crippen LogP contribution in [-0.2, 0) is 9.59 Å². The molecule has 1 spiro atoms. The lowest BCUT2D eigenvalue weighted by Crippen LogP contribution is -2.68. The zero-order chi connectivity index (χ0) is 14.3. The molecule has 0 unspecified atom stereocenters. The van der Waals surface area contributed by atoms with Crippen LogP contribution in [0.15, 0.2) is 0 Å². The molecule has 0 radical (unpaired) electrons. The highest BCUT2D eigenvalue weighted by Gasteiger charge is 2.54. The number of carbonyl (C=O) groups excluding carboxylic acids is 2. The van der Waals surface area contributed by atoms with Crippen molar-refractivity contribution in [3.05, 3.63) is 0 Å². The summed E-state index contributed by atoms with van der Waals surface area (Å²) in [7, 11) is 0. The molecule has 2 heterocycles. The Labute approximate surface area is 120 Å². The Morgan fingerprint density at radius 3 is 2.15 bits per heavy atom. The summed E-state index contributed by atoms with van der Waals surface area (Å²) in [5.41, 5.74) is 0.437. The van der Waals surface area contributed by atoms with Gasteiger partial charge in [-0.05, 0) is 12.8 Å². The van der Waals surface area contributed by atoms with Gasteiger partial charge < -0.3 is 9.80 Å². The number of likely N-dealkylation sites (tertiary alicyclic amines) is 1. The topological polar surface area (TPSA) is 43.9 Å². The maximum Gasteiger partial charge on any atom is 0.222 e. The van der Waals surface area contributed by atoms with E-state index in [1.807, 2.05) is 16.7 Å². The van der Waals surface area contributed by atoms with Crippen LogP contribution in [0.4, 0.5) is 0 Å². The van der Waals surface area contributed by atoms with Crippen molar-refractivity contribution >= 4 is 11.8 Å². The Balaban J connectivity index is 1.42. The maximum atomic E-state index is 11.7. The number of hydrogen-bond acceptors (Lipinski definition) is 3. The van der Waals surface area contributed by atoms with Crippen LogP contribution in [0.1, 0.15) is 33.1 Å². The first kappa shape index (κ1) is 13.9. The highest BCUT2D eigenvalue weighted by Crippen LogP contribution is 2.50. The van der Waals surface area contributed by atoms with Gasteiger partial charge >= 0.3 is 0 Å². The SMILES string of the molecule is CCC(=O)N1CCN(C2CC3(C2)CN(C(C)=O)C3)CC1. The van der Waals surface area contributed by atoms with Crippen LogP contribution in [0.2, 0.25) is 0 Å². The van der Waals surface area contributed by atoms with E-state index < -0.39 is 0 Å². The first-order valence-electron chi connectivity index (χ1n) is 7.80. The van der Waals surface area contributed by atoms with Crippen molar-refractivity contribution in [2.75, 3.05) is 39.3 Å². The fourth-order valence-electron chi connectivity index (χ4n) is 4.00. The zero-order valence-electron chi connectivity index (χ0n) is 12.6. The molecule has 0 aromatic carbocycles. The zero-order valence-corrected chi connectivity index (χ0v) is 12.6. The van der Waals surface area contributed by atoms with Crippen molar-refractivity contribution in [2.45, 2.75) is 39.2 Å². The molecule has 0 atom stereocenters. The molecule has 5 nitrogen and oxygen atoms in total. The molecule has 3 rings (SSSR count). The van der Waals surface area contributed by atoms with Gasteiger partial charge in [0.2, 0.25) is 11.8 Å². The summed E-state index contributed by atoms with van der Waals surface area (Å²) in [5.74, 6) is 0.497. The molecule has 1 saturated carbocycles. The van der Waals surface area contributed by atoms with Gasteiger partial charge in [0, 0.05) is 64.1 Å². The first-order valence-corrected chi connectivity index (χ1v) is 7.80. The van der Waals surface area contributed by atoms with E-state index >= 15 is 0 Å². The van der Waals surface area contributed by atoms with E-state index in [9.17, 15) is 9.59 Å². The summed E-state index contributed by atoms with van der Waals surface area (Å²) in [6.07, 6.45) is 3.09. The van der Waals surface area contributed by atoms with Gasteiger partial charge in [-0.1, -0.05) is 6.92 Å². The summed E-state index contributed by atoms with van der Waals surface area (Å²) in [4.78, 5) is 29.4. The average Bonchev–Trinajstić information content (AvgIpc) is 2.35. The first-order chi connectivity index (χ1) is 9.53. The molecule has 0 N–H and O–H groups in total. The van der Waals surface area contributed by atoms with E-state index in [1.54, 1.807) is 6.92 Å². The van der Waals surface area contributed by atoms with Crippen molar-refractivity contribution in [3.63, 3.8) is 0 Å². The molecule has 0 bridgehead atoms. The van der Waals surface area contributed by atoms with E-state index in [0.29, 0.717) is 17.9 Å². The van der Waals surface area contributed by atoms with Crippen LogP contribution < -0.4 is 0 Å². The number of amides is 2. The van der Waals surface area contributed by atoms with Crippen LogP contribution in [0.25, 0.3) is 0 Å². The third-order valence-corrected chi connectivity index (χ3v) is 5.32. The number of hydrogen-bond donors (Lipinski definition) is 0. The molecule has 2 saturated heterocycles. The monoisotopic (exact) mass is 279 g/mol. The second kappa shape index (κ2) is 5.02. The standard InChI is InChI=1S/C15H25N3O2/c1-3-14(20)17-6-4-16(5-7-17)13-8-15(9-13)10-18(11-15)12(2)19/h13H,3-11H2,1-2H3. The van der Waals surface area contributed by atoms with Gasteiger partial charge in [-0.3, -0.25) is 14.5 Å². The minimum Gasteiger partial charge on any atom is -0.342 e. The summed E-state index contributed by atoms with van der Waals surface area (Å²) in [6.45, 7) is 9.33. The van der Waals surface area contributed by atoms with Crippen LogP contribution in [0.5, 0.6) is 0 Å².